The first-order chi connectivity index (χ1) is 10.4. The van der Waals surface area contributed by atoms with E-state index in [1.807, 2.05) is 24.5 Å². The molecule has 1 fully saturated rings. The third kappa shape index (κ3) is 2.11. The van der Waals surface area contributed by atoms with Crippen LogP contribution in [0.15, 0.2) is 60.9 Å². The summed E-state index contributed by atoms with van der Waals surface area (Å²) in [5.74, 6) is 1.86. The van der Waals surface area contributed by atoms with Gasteiger partial charge >= 0.3 is 0 Å². The average molecular weight is 274 g/mol. The fourth-order valence-corrected chi connectivity index (χ4v) is 3.62. The average Bonchev–Trinajstić information content (AvgIpc) is 3.24. The van der Waals surface area contributed by atoms with Crippen molar-refractivity contribution in [2.75, 3.05) is 0 Å². The van der Waals surface area contributed by atoms with Gasteiger partial charge in [0, 0.05) is 12.4 Å². The van der Waals surface area contributed by atoms with Crippen LogP contribution in [0.5, 0.6) is 0 Å². The fraction of sp³-hybridized carbons (Fsp3) is 0.263. The minimum atomic E-state index is 0.593. The summed E-state index contributed by atoms with van der Waals surface area (Å²) < 4.78 is 0. The molecule has 0 amide bonds. The second-order valence-corrected chi connectivity index (χ2v) is 5.90. The van der Waals surface area contributed by atoms with Crippen molar-refractivity contribution in [3.05, 3.63) is 72.3 Å². The molecule has 2 unspecified atom stereocenters. The zero-order chi connectivity index (χ0) is 14.2. The quantitative estimate of drug-likeness (QED) is 0.819. The Morgan fingerprint density at radius 3 is 1.76 bits per heavy atom. The van der Waals surface area contributed by atoms with Crippen LogP contribution in [0.4, 0.5) is 0 Å². The number of fused-ring (bicyclic) bond motifs is 1. The molecule has 0 aliphatic heterocycles. The lowest BCUT2D eigenvalue weighted by molar-refractivity contribution is 0.883. The molecule has 2 aromatic rings. The zero-order valence-corrected chi connectivity index (χ0v) is 12.1. The van der Waals surface area contributed by atoms with Gasteiger partial charge in [-0.1, -0.05) is 31.2 Å². The Bertz CT molecular complexity index is 639. The van der Waals surface area contributed by atoms with Gasteiger partial charge in [-0.25, -0.2) is 0 Å². The Morgan fingerprint density at radius 2 is 1.33 bits per heavy atom. The summed E-state index contributed by atoms with van der Waals surface area (Å²) in [5.41, 5.74) is 5.09. The van der Waals surface area contributed by atoms with Crippen LogP contribution in [0.2, 0.25) is 0 Å². The van der Waals surface area contributed by atoms with E-state index in [1.54, 1.807) is 0 Å². The Balaban J connectivity index is 1.68. The molecule has 2 aromatic heterocycles. The zero-order valence-electron chi connectivity index (χ0n) is 12.1. The summed E-state index contributed by atoms with van der Waals surface area (Å²) in [4.78, 5) is 9.09. The van der Waals surface area contributed by atoms with Crippen LogP contribution in [0.1, 0.15) is 24.7 Å². The van der Waals surface area contributed by atoms with Crippen LogP contribution in [0.3, 0.4) is 0 Å². The van der Waals surface area contributed by atoms with E-state index in [9.17, 15) is 0 Å². The molecule has 0 bridgehead atoms. The maximum absolute atomic E-state index is 4.55. The van der Waals surface area contributed by atoms with E-state index in [0.29, 0.717) is 17.8 Å². The summed E-state index contributed by atoms with van der Waals surface area (Å²) in [6, 6.07) is 12.4. The van der Waals surface area contributed by atoms with E-state index in [-0.39, 0.29) is 0 Å². The van der Waals surface area contributed by atoms with E-state index < -0.39 is 0 Å². The first-order valence-electron chi connectivity index (χ1n) is 7.59. The highest BCUT2D eigenvalue weighted by Gasteiger charge is 2.52. The van der Waals surface area contributed by atoms with Crippen LogP contribution in [-0.2, 0) is 0 Å². The monoisotopic (exact) mass is 274 g/mol. The summed E-state index contributed by atoms with van der Waals surface area (Å²) in [5, 5.41) is 0. The van der Waals surface area contributed by atoms with Crippen molar-refractivity contribution in [3.63, 3.8) is 0 Å². The smallest absolute Gasteiger partial charge is 0.0661 e. The summed E-state index contributed by atoms with van der Waals surface area (Å²) in [7, 11) is 0. The van der Waals surface area contributed by atoms with Crippen molar-refractivity contribution in [3.8, 4) is 0 Å². The predicted molar refractivity (Wildman–Crippen MR) is 85.2 cm³/mol. The number of pyridine rings is 2. The molecule has 104 valence electrons. The minimum Gasteiger partial charge on any atom is -0.257 e. The molecule has 2 heteroatoms. The Morgan fingerprint density at radius 1 is 0.810 bits per heavy atom. The van der Waals surface area contributed by atoms with Crippen LogP contribution in [0, 0.1) is 17.8 Å². The normalized spacial score (nSPS) is 27.2. The molecule has 0 saturated heterocycles. The lowest BCUT2D eigenvalue weighted by Crippen LogP contribution is -1.94. The van der Waals surface area contributed by atoms with Crippen LogP contribution in [-0.4, -0.2) is 9.97 Å². The standard InChI is InChI=1S/C19H18N2/c1-13-18-14(16-9-2-4-11-20-16)7-6-8-15(19(13)18)17-10-3-5-12-21-17/h2-5,7-13,18-19H,6H2,1H3. The van der Waals surface area contributed by atoms with Gasteiger partial charge in [0.05, 0.1) is 11.4 Å². The first kappa shape index (κ1) is 12.5. The van der Waals surface area contributed by atoms with Gasteiger partial charge in [0.25, 0.3) is 0 Å². The first-order valence-corrected chi connectivity index (χ1v) is 7.59. The second kappa shape index (κ2) is 4.96. The Labute approximate surface area is 125 Å². The van der Waals surface area contributed by atoms with E-state index in [2.05, 4.69) is 53.3 Å². The number of nitrogens with zero attached hydrogens (tertiary/aromatic N) is 2. The van der Waals surface area contributed by atoms with Crippen molar-refractivity contribution < 1.29 is 0 Å². The van der Waals surface area contributed by atoms with E-state index in [4.69, 9.17) is 0 Å². The molecule has 4 rings (SSSR count). The van der Waals surface area contributed by atoms with Gasteiger partial charge in [-0.15, -0.1) is 0 Å². The minimum absolute atomic E-state index is 0.593. The molecule has 2 aliphatic rings. The van der Waals surface area contributed by atoms with Crippen molar-refractivity contribution in [1.82, 2.24) is 9.97 Å². The summed E-state index contributed by atoms with van der Waals surface area (Å²) in [6.07, 6.45) is 9.43. The molecule has 0 spiro atoms. The molecular formula is C19H18N2. The van der Waals surface area contributed by atoms with Gasteiger partial charge in [0.15, 0.2) is 0 Å². The van der Waals surface area contributed by atoms with Crippen LogP contribution < -0.4 is 0 Å². The molecular weight excluding hydrogens is 256 g/mol. The largest absolute Gasteiger partial charge is 0.257 e. The van der Waals surface area contributed by atoms with Gasteiger partial charge < -0.3 is 0 Å². The van der Waals surface area contributed by atoms with Gasteiger partial charge in [0.1, 0.15) is 0 Å². The van der Waals surface area contributed by atoms with Gasteiger partial charge in [0.2, 0.25) is 0 Å². The van der Waals surface area contributed by atoms with E-state index in [0.717, 1.165) is 17.8 Å². The molecule has 2 nitrogen and oxygen atoms in total. The van der Waals surface area contributed by atoms with Gasteiger partial charge in [-0.05, 0) is 59.6 Å². The third-order valence-electron chi connectivity index (χ3n) is 4.69. The second-order valence-electron chi connectivity index (χ2n) is 5.90. The Hall–Kier alpha value is -2.22. The molecule has 0 N–H and O–H groups in total. The SMILES string of the molecule is CC1C2C(c3ccccn3)=CCC=C(c3ccccn3)C12. The van der Waals surface area contributed by atoms with Crippen molar-refractivity contribution in [2.24, 2.45) is 17.8 Å². The van der Waals surface area contributed by atoms with E-state index >= 15 is 0 Å². The number of allylic oxidation sites excluding steroid dienone is 4. The lowest BCUT2D eigenvalue weighted by Gasteiger charge is -2.06. The maximum atomic E-state index is 4.55. The highest BCUT2D eigenvalue weighted by molar-refractivity contribution is 5.79. The van der Waals surface area contributed by atoms with Crippen molar-refractivity contribution >= 4 is 11.1 Å². The molecule has 2 aliphatic carbocycles. The van der Waals surface area contributed by atoms with Crippen molar-refractivity contribution in [1.29, 1.82) is 0 Å². The molecule has 21 heavy (non-hydrogen) atoms. The topological polar surface area (TPSA) is 25.8 Å². The third-order valence-corrected chi connectivity index (χ3v) is 4.69. The fourth-order valence-electron chi connectivity index (χ4n) is 3.62. The maximum Gasteiger partial charge on any atom is 0.0661 e. The molecule has 1 saturated carbocycles. The predicted octanol–water partition coefficient (Wildman–Crippen LogP) is 4.23. The summed E-state index contributed by atoms with van der Waals surface area (Å²) in [6.45, 7) is 2.34. The van der Waals surface area contributed by atoms with Crippen LogP contribution in [0.25, 0.3) is 11.1 Å². The van der Waals surface area contributed by atoms with Gasteiger partial charge in [-0.3, -0.25) is 9.97 Å². The van der Waals surface area contributed by atoms with Crippen LogP contribution >= 0.6 is 0 Å². The molecule has 2 heterocycles. The lowest BCUT2D eigenvalue weighted by atomic mass is 10.0. The number of hydrogen-bond donors (Lipinski definition) is 0. The number of aromatic nitrogens is 2. The number of rotatable bonds is 2. The molecule has 2 atom stereocenters. The molecule has 0 aromatic carbocycles. The highest BCUT2D eigenvalue weighted by Crippen LogP contribution is 2.60. The van der Waals surface area contributed by atoms with Gasteiger partial charge in [-0.2, -0.15) is 0 Å². The van der Waals surface area contributed by atoms with E-state index in [1.165, 1.54) is 11.1 Å². The highest BCUT2D eigenvalue weighted by atomic mass is 14.7. The Kier molecular flexibility index (Phi) is 2.95. The van der Waals surface area contributed by atoms with Crippen molar-refractivity contribution in [2.45, 2.75) is 13.3 Å². The molecule has 0 radical (unpaired) electrons. The number of hydrogen-bond acceptors (Lipinski definition) is 2. The summed E-state index contributed by atoms with van der Waals surface area (Å²) >= 11 is 0.